The van der Waals surface area contributed by atoms with E-state index in [9.17, 15) is 9.59 Å². The molecule has 1 aliphatic rings. The van der Waals surface area contributed by atoms with Crippen LogP contribution in [0.15, 0.2) is 18.2 Å². The van der Waals surface area contributed by atoms with Gasteiger partial charge in [-0.05, 0) is 30.5 Å². The molecule has 4 nitrogen and oxygen atoms in total. The summed E-state index contributed by atoms with van der Waals surface area (Å²) in [7, 11) is 0. The van der Waals surface area contributed by atoms with Gasteiger partial charge in [-0.25, -0.2) is 0 Å². The van der Waals surface area contributed by atoms with Crippen LogP contribution in [0.3, 0.4) is 0 Å². The average molecular weight is 330 g/mol. The summed E-state index contributed by atoms with van der Waals surface area (Å²) in [6.07, 6.45) is 0.781. The Morgan fingerprint density at radius 1 is 1.29 bits per heavy atom. The molecule has 0 saturated heterocycles. The van der Waals surface area contributed by atoms with Crippen LogP contribution in [0.4, 0.5) is 0 Å². The molecule has 0 heterocycles. The van der Waals surface area contributed by atoms with E-state index < -0.39 is 22.7 Å². The quantitative estimate of drug-likeness (QED) is 0.815. The van der Waals surface area contributed by atoms with Gasteiger partial charge in [0.1, 0.15) is 5.41 Å². The van der Waals surface area contributed by atoms with E-state index in [1.54, 1.807) is 18.2 Å². The molecule has 1 amide bonds. The topological polar surface area (TPSA) is 66.4 Å². The maximum Gasteiger partial charge on any atom is 0.319 e. The Kier molecular flexibility index (Phi) is 4.22. The van der Waals surface area contributed by atoms with E-state index in [4.69, 9.17) is 28.3 Å². The Balaban J connectivity index is 2.12. The lowest BCUT2D eigenvalue weighted by Gasteiger charge is -2.28. The Morgan fingerprint density at radius 3 is 2.24 bits per heavy atom. The second-order valence-electron chi connectivity index (χ2n) is 6.05. The second-order valence-corrected chi connectivity index (χ2v) is 6.86. The van der Waals surface area contributed by atoms with E-state index in [0.717, 1.165) is 5.56 Å². The third-order valence-electron chi connectivity index (χ3n) is 3.92. The summed E-state index contributed by atoms with van der Waals surface area (Å²) in [6, 6.07) is 5.24. The molecule has 0 aliphatic heterocycles. The van der Waals surface area contributed by atoms with Crippen LogP contribution in [0, 0.1) is 5.41 Å². The van der Waals surface area contributed by atoms with Gasteiger partial charge in [0.2, 0.25) is 5.91 Å². The number of aliphatic carboxylic acids is 1. The summed E-state index contributed by atoms with van der Waals surface area (Å²) in [5.41, 5.74) is -0.992. The number of amides is 1. The van der Waals surface area contributed by atoms with Crippen molar-refractivity contribution in [2.45, 2.75) is 32.1 Å². The van der Waals surface area contributed by atoms with Crippen LogP contribution in [0.2, 0.25) is 10.0 Å². The third kappa shape index (κ3) is 3.01. The van der Waals surface area contributed by atoms with Gasteiger partial charge in [-0.2, -0.15) is 0 Å². The molecule has 114 valence electrons. The predicted octanol–water partition coefficient (Wildman–Crippen LogP) is 3.25. The number of benzene rings is 1. The second kappa shape index (κ2) is 5.50. The van der Waals surface area contributed by atoms with Crippen molar-refractivity contribution in [3.05, 3.63) is 33.8 Å². The van der Waals surface area contributed by atoms with Crippen LogP contribution in [-0.2, 0) is 15.0 Å². The lowest BCUT2D eigenvalue weighted by atomic mass is 9.84. The largest absolute Gasteiger partial charge is 0.480 e. The summed E-state index contributed by atoms with van der Waals surface area (Å²) >= 11 is 12.4. The Morgan fingerprint density at radius 2 is 1.81 bits per heavy atom. The molecular weight excluding hydrogens is 313 g/mol. The minimum Gasteiger partial charge on any atom is -0.480 e. The molecule has 21 heavy (non-hydrogen) atoms. The molecule has 2 N–H and O–H groups in total. The molecule has 0 radical (unpaired) electrons. The molecule has 2 rings (SSSR count). The van der Waals surface area contributed by atoms with Gasteiger partial charge in [0.05, 0.1) is 0 Å². The third-order valence-corrected chi connectivity index (χ3v) is 4.55. The van der Waals surface area contributed by atoms with E-state index in [2.05, 4.69) is 5.32 Å². The molecule has 6 heteroatoms. The molecule has 0 spiro atoms. The van der Waals surface area contributed by atoms with Gasteiger partial charge in [0.25, 0.3) is 0 Å². The van der Waals surface area contributed by atoms with Crippen LogP contribution in [0.1, 0.15) is 32.3 Å². The summed E-state index contributed by atoms with van der Waals surface area (Å²) in [4.78, 5) is 23.2. The number of carbonyl (C=O) groups excluding carboxylic acids is 1. The van der Waals surface area contributed by atoms with E-state index in [0.29, 0.717) is 22.9 Å². The Labute approximate surface area is 133 Å². The van der Waals surface area contributed by atoms with Gasteiger partial charge in [0, 0.05) is 22.0 Å². The van der Waals surface area contributed by atoms with Crippen LogP contribution < -0.4 is 5.32 Å². The molecule has 1 fully saturated rings. The number of halogens is 2. The zero-order valence-corrected chi connectivity index (χ0v) is 13.4. The van der Waals surface area contributed by atoms with Gasteiger partial charge in [-0.1, -0.05) is 43.1 Å². The van der Waals surface area contributed by atoms with Crippen molar-refractivity contribution < 1.29 is 14.7 Å². The highest BCUT2D eigenvalue weighted by Gasteiger charge is 2.57. The van der Waals surface area contributed by atoms with Gasteiger partial charge in [0.15, 0.2) is 0 Å². The monoisotopic (exact) mass is 329 g/mol. The Hall–Kier alpha value is -1.26. The fourth-order valence-corrected chi connectivity index (χ4v) is 3.28. The van der Waals surface area contributed by atoms with Crippen molar-refractivity contribution in [1.82, 2.24) is 5.32 Å². The number of carbonyl (C=O) groups is 2. The number of rotatable bonds is 5. The molecule has 1 saturated carbocycles. The van der Waals surface area contributed by atoms with E-state index in [1.807, 2.05) is 13.8 Å². The van der Waals surface area contributed by atoms with Crippen molar-refractivity contribution in [2.24, 2.45) is 5.41 Å². The molecule has 1 aromatic carbocycles. The minimum atomic E-state index is -1.24. The van der Waals surface area contributed by atoms with Crippen molar-refractivity contribution in [2.75, 3.05) is 6.54 Å². The highest BCUT2D eigenvalue weighted by atomic mass is 35.5. The van der Waals surface area contributed by atoms with Gasteiger partial charge in [-0.15, -0.1) is 0 Å². The molecule has 0 aromatic heterocycles. The van der Waals surface area contributed by atoms with Gasteiger partial charge >= 0.3 is 5.97 Å². The number of nitrogens with one attached hydrogen (secondary N) is 1. The first-order valence-electron chi connectivity index (χ1n) is 6.67. The zero-order valence-electron chi connectivity index (χ0n) is 11.9. The van der Waals surface area contributed by atoms with Crippen molar-refractivity contribution in [1.29, 1.82) is 0 Å². The standard InChI is InChI=1S/C15H17Cl2NO3/c1-14(2,11-9(16)4-3-5-10(11)17)8-18-12(19)15(6-7-15)13(20)21/h3-5H,6-8H2,1-2H3,(H,18,19)(H,20,21). The molecular formula is C15H17Cl2NO3. The number of carboxylic acids is 1. The summed E-state index contributed by atoms with van der Waals surface area (Å²) in [5, 5.41) is 12.9. The van der Waals surface area contributed by atoms with Crippen molar-refractivity contribution in [3.63, 3.8) is 0 Å². The lowest BCUT2D eigenvalue weighted by molar-refractivity contribution is -0.149. The fourth-order valence-electron chi connectivity index (χ4n) is 2.37. The van der Waals surface area contributed by atoms with Crippen LogP contribution >= 0.6 is 23.2 Å². The number of hydrogen-bond donors (Lipinski definition) is 2. The first-order valence-corrected chi connectivity index (χ1v) is 7.42. The first kappa shape index (κ1) is 16.1. The molecule has 1 aliphatic carbocycles. The van der Waals surface area contributed by atoms with Gasteiger partial charge < -0.3 is 10.4 Å². The number of hydrogen-bond acceptors (Lipinski definition) is 2. The molecule has 1 aromatic rings. The lowest BCUT2D eigenvalue weighted by Crippen LogP contribution is -2.43. The molecule has 0 bridgehead atoms. The first-order chi connectivity index (χ1) is 9.70. The average Bonchev–Trinajstić information content (AvgIpc) is 3.17. The minimum absolute atomic E-state index is 0.268. The number of carboxylic acid groups (broad SMARTS) is 1. The van der Waals surface area contributed by atoms with Crippen LogP contribution in [0.25, 0.3) is 0 Å². The van der Waals surface area contributed by atoms with Gasteiger partial charge in [-0.3, -0.25) is 9.59 Å². The SMILES string of the molecule is CC(C)(CNC(=O)C1(C(=O)O)CC1)c1c(Cl)cccc1Cl. The van der Waals surface area contributed by atoms with E-state index in [-0.39, 0.29) is 6.54 Å². The maximum atomic E-state index is 12.1. The maximum absolute atomic E-state index is 12.1. The predicted molar refractivity (Wildman–Crippen MR) is 81.8 cm³/mol. The Bertz CT molecular complexity index is 574. The highest BCUT2D eigenvalue weighted by Crippen LogP contribution is 2.46. The van der Waals surface area contributed by atoms with E-state index in [1.165, 1.54) is 0 Å². The van der Waals surface area contributed by atoms with E-state index >= 15 is 0 Å². The fraction of sp³-hybridized carbons (Fsp3) is 0.467. The highest BCUT2D eigenvalue weighted by molar-refractivity contribution is 6.36. The van der Waals surface area contributed by atoms with Crippen LogP contribution in [0.5, 0.6) is 0 Å². The van der Waals surface area contributed by atoms with Crippen molar-refractivity contribution >= 4 is 35.1 Å². The summed E-state index contributed by atoms with van der Waals surface area (Å²) in [5.74, 6) is -1.50. The summed E-state index contributed by atoms with van der Waals surface area (Å²) in [6.45, 7) is 4.08. The summed E-state index contributed by atoms with van der Waals surface area (Å²) < 4.78 is 0. The normalized spacial score (nSPS) is 16.4. The van der Waals surface area contributed by atoms with Crippen molar-refractivity contribution in [3.8, 4) is 0 Å². The molecule has 0 atom stereocenters. The zero-order chi connectivity index (χ0) is 15.8. The van der Waals surface area contributed by atoms with Crippen LogP contribution in [-0.4, -0.2) is 23.5 Å². The smallest absolute Gasteiger partial charge is 0.319 e. The molecule has 0 unspecified atom stereocenters.